The number of aryl methyl sites for hydroxylation is 1. The Morgan fingerprint density at radius 3 is 3.13 bits per heavy atom. The average Bonchev–Trinajstić information content (AvgIpc) is 2.60. The first-order valence-electron chi connectivity index (χ1n) is 4.70. The highest BCUT2D eigenvalue weighted by atomic mass is 16.5. The third-order valence-electron chi connectivity index (χ3n) is 2.01. The van der Waals surface area contributed by atoms with Crippen molar-refractivity contribution in [1.29, 1.82) is 0 Å². The fourth-order valence-electron chi connectivity index (χ4n) is 1.35. The number of esters is 1. The van der Waals surface area contributed by atoms with Crippen molar-refractivity contribution in [3.8, 4) is 0 Å². The predicted octanol–water partition coefficient (Wildman–Crippen LogP) is 1.44. The van der Waals surface area contributed by atoms with E-state index < -0.39 is 5.97 Å². The molecule has 1 N–H and O–H groups in total. The molecule has 2 aromatic heterocycles. The SMILES string of the molecule is CCOC(=O)c1n[nH]c2cc(C)cnc12. The van der Waals surface area contributed by atoms with E-state index in [1.807, 2.05) is 13.0 Å². The number of H-pyrrole nitrogens is 1. The van der Waals surface area contributed by atoms with Gasteiger partial charge in [-0.15, -0.1) is 0 Å². The van der Waals surface area contributed by atoms with Gasteiger partial charge in [0.2, 0.25) is 0 Å². The first kappa shape index (κ1) is 9.64. The van der Waals surface area contributed by atoms with Crippen LogP contribution in [0.25, 0.3) is 11.0 Å². The molecule has 0 radical (unpaired) electrons. The number of hydrogen-bond acceptors (Lipinski definition) is 4. The normalized spacial score (nSPS) is 10.5. The monoisotopic (exact) mass is 205 g/mol. The van der Waals surface area contributed by atoms with Crippen LogP contribution in [0.2, 0.25) is 0 Å². The van der Waals surface area contributed by atoms with E-state index in [9.17, 15) is 4.79 Å². The third kappa shape index (κ3) is 1.68. The highest BCUT2D eigenvalue weighted by Gasteiger charge is 2.15. The van der Waals surface area contributed by atoms with E-state index in [4.69, 9.17) is 4.74 Å². The van der Waals surface area contributed by atoms with Crippen molar-refractivity contribution in [1.82, 2.24) is 15.2 Å². The Hall–Kier alpha value is -1.91. The molecule has 0 saturated heterocycles. The Balaban J connectivity index is 2.49. The number of rotatable bonds is 2. The predicted molar refractivity (Wildman–Crippen MR) is 54.6 cm³/mol. The van der Waals surface area contributed by atoms with Crippen LogP contribution in [0.15, 0.2) is 12.3 Å². The van der Waals surface area contributed by atoms with Gasteiger partial charge in [-0.1, -0.05) is 0 Å². The van der Waals surface area contributed by atoms with E-state index in [0.29, 0.717) is 12.1 Å². The molecule has 0 aliphatic rings. The van der Waals surface area contributed by atoms with Crippen molar-refractivity contribution >= 4 is 17.0 Å². The molecule has 15 heavy (non-hydrogen) atoms. The van der Waals surface area contributed by atoms with E-state index >= 15 is 0 Å². The minimum atomic E-state index is -0.444. The van der Waals surface area contributed by atoms with Gasteiger partial charge in [0, 0.05) is 6.20 Å². The smallest absolute Gasteiger partial charge is 0.361 e. The molecule has 2 aromatic rings. The summed E-state index contributed by atoms with van der Waals surface area (Å²) in [5.41, 5.74) is 2.56. The Labute approximate surface area is 86.5 Å². The van der Waals surface area contributed by atoms with E-state index in [0.717, 1.165) is 11.1 Å². The molecule has 5 nitrogen and oxygen atoms in total. The van der Waals surface area contributed by atoms with Crippen LogP contribution < -0.4 is 0 Å². The third-order valence-corrected chi connectivity index (χ3v) is 2.01. The number of fused-ring (bicyclic) bond motifs is 1. The highest BCUT2D eigenvalue weighted by molar-refractivity contribution is 5.99. The maximum absolute atomic E-state index is 11.5. The maximum atomic E-state index is 11.5. The number of nitrogens with one attached hydrogen (secondary N) is 1. The van der Waals surface area contributed by atoms with Crippen molar-refractivity contribution in [2.75, 3.05) is 6.61 Å². The minimum absolute atomic E-state index is 0.242. The first-order chi connectivity index (χ1) is 7.22. The molecular formula is C10H11N3O2. The van der Waals surface area contributed by atoms with Gasteiger partial charge in [0.05, 0.1) is 12.1 Å². The minimum Gasteiger partial charge on any atom is -0.461 e. The number of carbonyl (C=O) groups is 1. The Bertz CT molecular complexity index is 504. The van der Waals surface area contributed by atoms with Crippen LogP contribution in [0.4, 0.5) is 0 Å². The van der Waals surface area contributed by atoms with Crippen molar-refractivity contribution in [3.63, 3.8) is 0 Å². The van der Waals surface area contributed by atoms with Crippen molar-refractivity contribution in [2.45, 2.75) is 13.8 Å². The Kier molecular flexibility index (Phi) is 2.37. The molecule has 0 amide bonds. The number of nitrogens with zero attached hydrogens (tertiary/aromatic N) is 2. The number of aromatic amines is 1. The molecule has 78 valence electrons. The second-order valence-corrected chi connectivity index (χ2v) is 3.20. The summed E-state index contributed by atoms with van der Waals surface area (Å²) in [7, 11) is 0. The molecule has 0 aliphatic carbocycles. The van der Waals surface area contributed by atoms with Gasteiger partial charge in [0.25, 0.3) is 0 Å². The molecule has 0 unspecified atom stereocenters. The molecule has 0 spiro atoms. The first-order valence-corrected chi connectivity index (χ1v) is 4.70. The Morgan fingerprint density at radius 2 is 2.40 bits per heavy atom. The lowest BCUT2D eigenvalue weighted by Gasteiger charge is -1.97. The summed E-state index contributed by atoms with van der Waals surface area (Å²) in [6, 6.07) is 1.89. The van der Waals surface area contributed by atoms with Crippen molar-refractivity contribution < 1.29 is 9.53 Å². The molecule has 0 saturated carbocycles. The molecule has 0 bridgehead atoms. The molecule has 0 aliphatic heterocycles. The van der Waals surface area contributed by atoms with Crippen LogP contribution >= 0.6 is 0 Å². The maximum Gasteiger partial charge on any atom is 0.361 e. The molecule has 2 rings (SSSR count). The second-order valence-electron chi connectivity index (χ2n) is 3.20. The second kappa shape index (κ2) is 3.68. The van der Waals surface area contributed by atoms with Gasteiger partial charge in [-0.25, -0.2) is 4.79 Å². The van der Waals surface area contributed by atoms with Crippen LogP contribution in [0.5, 0.6) is 0 Å². The summed E-state index contributed by atoms with van der Waals surface area (Å²) in [6.07, 6.45) is 1.70. The van der Waals surface area contributed by atoms with E-state index in [-0.39, 0.29) is 5.69 Å². The summed E-state index contributed by atoms with van der Waals surface area (Å²) >= 11 is 0. The van der Waals surface area contributed by atoms with Gasteiger partial charge < -0.3 is 4.74 Å². The fourth-order valence-corrected chi connectivity index (χ4v) is 1.35. The van der Waals surface area contributed by atoms with Gasteiger partial charge in [-0.05, 0) is 25.5 Å². The lowest BCUT2D eigenvalue weighted by atomic mass is 10.2. The van der Waals surface area contributed by atoms with E-state index in [1.54, 1.807) is 13.1 Å². The van der Waals surface area contributed by atoms with Crippen molar-refractivity contribution in [2.24, 2.45) is 0 Å². The summed E-state index contributed by atoms with van der Waals surface area (Å²) in [5.74, 6) is -0.444. The number of hydrogen-bond donors (Lipinski definition) is 1. The topological polar surface area (TPSA) is 67.9 Å². The van der Waals surface area contributed by atoms with Gasteiger partial charge in [0.15, 0.2) is 5.69 Å². The largest absolute Gasteiger partial charge is 0.461 e. The highest BCUT2D eigenvalue weighted by Crippen LogP contribution is 2.14. The quantitative estimate of drug-likeness (QED) is 0.753. The number of ether oxygens (including phenoxy) is 1. The van der Waals surface area contributed by atoms with Crippen LogP contribution in [0.1, 0.15) is 23.0 Å². The Morgan fingerprint density at radius 1 is 1.60 bits per heavy atom. The zero-order chi connectivity index (χ0) is 10.8. The van der Waals surface area contributed by atoms with Crippen LogP contribution in [-0.4, -0.2) is 27.8 Å². The zero-order valence-electron chi connectivity index (χ0n) is 8.57. The molecule has 0 aromatic carbocycles. The molecule has 2 heterocycles. The van der Waals surface area contributed by atoms with Gasteiger partial charge >= 0.3 is 5.97 Å². The van der Waals surface area contributed by atoms with Gasteiger partial charge in [-0.3, -0.25) is 10.1 Å². The van der Waals surface area contributed by atoms with Crippen LogP contribution in [0.3, 0.4) is 0 Å². The van der Waals surface area contributed by atoms with E-state index in [2.05, 4.69) is 15.2 Å². The van der Waals surface area contributed by atoms with Gasteiger partial charge in [0.1, 0.15) is 5.52 Å². The number of carbonyl (C=O) groups excluding carboxylic acids is 1. The summed E-state index contributed by atoms with van der Waals surface area (Å²) < 4.78 is 4.86. The fraction of sp³-hybridized carbons (Fsp3) is 0.300. The average molecular weight is 205 g/mol. The van der Waals surface area contributed by atoms with Crippen LogP contribution in [-0.2, 0) is 4.74 Å². The lowest BCUT2D eigenvalue weighted by molar-refractivity contribution is 0.0521. The molecule has 0 fully saturated rings. The summed E-state index contributed by atoms with van der Waals surface area (Å²) in [6.45, 7) is 4.01. The lowest BCUT2D eigenvalue weighted by Crippen LogP contribution is -2.05. The molecule has 0 atom stereocenters. The molecular weight excluding hydrogens is 194 g/mol. The number of aromatic nitrogens is 3. The number of pyridine rings is 1. The standard InChI is InChI=1S/C10H11N3O2/c1-3-15-10(14)9-8-7(12-13-9)4-6(2)5-11-8/h4-5H,3H2,1-2H3,(H,12,13). The van der Waals surface area contributed by atoms with E-state index in [1.165, 1.54) is 0 Å². The summed E-state index contributed by atoms with van der Waals surface area (Å²) in [4.78, 5) is 15.6. The van der Waals surface area contributed by atoms with Crippen LogP contribution in [0, 0.1) is 6.92 Å². The molecule has 5 heteroatoms. The van der Waals surface area contributed by atoms with Gasteiger partial charge in [-0.2, -0.15) is 5.10 Å². The zero-order valence-corrected chi connectivity index (χ0v) is 8.57. The summed E-state index contributed by atoms with van der Waals surface area (Å²) in [5, 5.41) is 6.65. The van der Waals surface area contributed by atoms with Crippen molar-refractivity contribution in [3.05, 3.63) is 23.5 Å².